The molecule has 1 fully saturated rings. The molecule has 0 saturated carbocycles. The van der Waals surface area contributed by atoms with E-state index in [0.29, 0.717) is 30.5 Å². The van der Waals surface area contributed by atoms with Gasteiger partial charge in [0.1, 0.15) is 5.69 Å². The van der Waals surface area contributed by atoms with Crippen molar-refractivity contribution >= 4 is 28.9 Å². The van der Waals surface area contributed by atoms with E-state index < -0.39 is 0 Å². The van der Waals surface area contributed by atoms with Crippen molar-refractivity contribution in [1.82, 2.24) is 9.78 Å². The number of ether oxygens (including phenoxy) is 1. The first-order chi connectivity index (χ1) is 13.1. The molecule has 1 aromatic heterocycles. The number of aryl methyl sites for hydroxylation is 1. The summed E-state index contributed by atoms with van der Waals surface area (Å²) in [6, 6.07) is 8.22. The molecule has 7 nitrogen and oxygen atoms in total. The number of anilines is 2. The van der Waals surface area contributed by atoms with Gasteiger partial charge in [0.15, 0.2) is 0 Å². The average Bonchev–Trinajstić information content (AvgIpc) is 2.68. The quantitative estimate of drug-likeness (QED) is 0.820. The molecule has 0 unspecified atom stereocenters. The van der Waals surface area contributed by atoms with Crippen molar-refractivity contribution in [3.63, 3.8) is 0 Å². The molecule has 144 valence electrons. The lowest BCUT2D eigenvalue weighted by Crippen LogP contribution is -2.36. The highest BCUT2D eigenvalue weighted by molar-refractivity contribution is 6.31. The Balaban J connectivity index is 1.83. The van der Waals surface area contributed by atoms with Crippen LogP contribution in [-0.4, -0.2) is 42.0 Å². The van der Waals surface area contributed by atoms with Gasteiger partial charge in [-0.3, -0.25) is 9.59 Å². The Morgan fingerprint density at radius 1 is 1.26 bits per heavy atom. The van der Waals surface area contributed by atoms with Crippen LogP contribution in [-0.2, 0) is 11.3 Å². The van der Waals surface area contributed by atoms with Crippen molar-refractivity contribution in [2.75, 3.05) is 36.5 Å². The van der Waals surface area contributed by atoms with E-state index in [1.165, 1.54) is 16.8 Å². The SMILES string of the molecule is CCCCn1nc(C(=O)Nc2cc(Cl)ccc2N2CCOCC2)ccc1=O. The van der Waals surface area contributed by atoms with Gasteiger partial charge in [0.25, 0.3) is 11.5 Å². The summed E-state index contributed by atoms with van der Waals surface area (Å²) < 4.78 is 6.73. The normalized spacial score (nSPS) is 14.2. The summed E-state index contributed by atoms with van der Waals surface area (Å²) in [7, 11) is 0. The number of morpholine rings is 1. The van der Waals surface area contributed by atoms with Gasteiger partial charge in [0, 0.05) is 30.7 Å². The molecule has 0 atom stereocenters. The Hall–Kier alpha value is -2.38. The number of aromatic nitrogens is 2. The van der Waals surface area contributed by atoms with E-state index in [0.717, 1.165) is 31.6 Å². The van der Waals surface area contributed by atoms with Crippen molar-refractivity contribution in [2.45, 2.75) is 26.3 Å². The molecular weight excluding hydrogens is 368 g/mol. The molecule has 8 heteroatoms. The maximum atomic E-state index is 12.7. The van der Waals surface area contributed by atoms with Crippen LogP contribution in [0.25, 0.3) is 0 Å². The van der Waals surface area contributed by atoms with E-state index in [-0.39, 0.29) is 17.2 Å². The molecule has 1 aliphatic heterocycles. The number of amides is 1. The van der Waals surface area contributed by atoms with E-state index in [2.05, 4.69) is 15.3 Å². The molecule has 0 bridgehead atoms. The highest BCUT2D eigenvalue weighted by Crippen LogP contribution is 2.30. The summed E-state index contributed by atoms with van der Waals surface area (Å²) in [5, 5.41) is 7.61. The minimum atomic E-state index is -0.378. The zero-order valence-corrected chi connectivity index (χ0v) is 16.0. The van der Waals surface area contributed by atoms with Crippen LogP contribution >= 0.6 is 11.6 Å². The third-order valence-corrected chi connectivity index (χ3v) is 4.62. The number of unbranched alkanes of at least 4 members (excludes halogenated alkanes) is 1. The van der Waals surface area contributed by atoms with Gasteiger partial charge in [-0.1, -0.05) is 24.9 Å². The van der Waals surface area contributed by atoms with Crippen LogP contribution < -0.4 is 15.8 Å². The first kappa shape index (κ1) is 19.4. The minimum absolute atomic E-state index is 0.193. The van der Waals surface area contributed by atoms with Gasteiger partial charge in [-0.05, 0) is 30.7 Å². The molecule has 2 heterocycles. The van der Waals surface area contributed by atoms with Gasteiger partial charge < -0.3 is 15.0 Å². The van der Waals surface area contributed by atoms with Crippen LogP contribution in [0, 0.1) is 0 Å². The van der Waals surface area contributed by atoms with Crippen molar-refractivity contribution in [1.29, 1.82) is 0 Å². The van der Waals surface area contributed by atoms with Crippen LogP contribution in [0.2, 0.25) is 5.02 Å². The molecule has 1 aromatic carbocycles. The van der Waals surface area contributed by atoms with Crippen molar-refractivity contribution in [2.24, 2.45) is 0 Å². The second-order valence-electron chi connectivity index (χ2n) is 6.35. The van der Waals surface area contributed by atoms with Gasteiger partial charge in [0.2, 0.25) is 0 Å². The minimum Gasteiger partial charge on any atom is -0.378 e. The number of benzene rings is 1. The lowest BCUT2D eigenvalue weighted by atomic mass is 10.2. The largest absolute Gasteiger partial charge is 0.378 e. The summed E-state index contributed by atoms with van der Waals surface area (Å²) in [4.78, 5) is 26.8. The Bertz CT molecular complexity index is 862. The fourth-order valence-electron chi connectivity index (χ4n) is 2.91. The number of nitrogens with one attached hydrogen (secondary N) is 1. The molecule has 27 heavy (non-hydrogen) atoms. The Kier molecular flexibility index (Phi) is 6.47. The van der Waals surface area contributed by atoms with E-state index in [1.54, 1.807) is 12.1 Å². The van der Waals surface area contributed by atoms with E-state index in [4.69, 9.17) is 16.3 Å². The van der Waals surface area contributed by atoms with E-state index in [9.17, 15) is 9.59 Å². The maximum absolute atomic E-state index is 12.7. The summed E-state index contributed by atoms with van der Waals surface area (Å²) in [5.74, 6) is -0.378. The summed E-state index contributed by atoms with van der Waals surface area (Å²) in [6.45, 7) is 5.29. The highest BCUT2D eigenvalue weighted by Gasteiger charge is 2.18. The molecule has 1 saturated heterocycles. The third-order valence-electron chi connectivity index (χ3n) is 4.38. The number of carbonyl (C=O) groups is 1. The smallest absolute Gasteiger partial charge is 0.276 e. The number of rotatable bonds is 6. The third kappa shape index (κ3) is 4.87. The standard InChI is InChI=1S/C19H23ClN4O3/c1-2-3-8-24-18(25)7-5-15(22-24)19(26)21-16-13-14(20)4-6-17(16)23-9-11-27-12-10-23/h4-7,13H,2-3,8-12H2,1H3,(H,21,26). The highest BCUT2D eigenvalue weighted by atomic mass is 35.5. The number of carbonyl (C=O) groups excluding carboxylic acids is 1. The predicted molar refractivity (Wildman–Crippen MR) is 106 cm³/mol. The molecule has 3 rings (SSSR count). The molecule has 0 aliphatic carbocycles. The average molecular weight is 391 g/mol. The van der Waals surface area contributed by atoms with Gasteiger partial charge >= 0.3 is 0 Å². The Morgan fingerprint density at radius 3 is 2.78 bits per heavy atom. The van der Waals surface area contributed by atoms with Gasteiger partial charge in [-0.15, -0.1) is 0 Å². The van der Waals surface area contributed by atoms with Gasteiger partial charge in [-0.2, -0.15) is 5.10 Å². The fraction of sp³-hybridized carbons (Fsp3) is 0.421. The van der Waals surface area contributed by atoms with Crippen molar-refractivity contribution in [3.8, 4) is 0 Å². The van der Waals surface area contributed by atoms with Crippen molar-refractivity contribution < 1.29 is 9.53 Å². The first-order valence-electron chi connectivity index (χ1n) is 9.10. The van der Waals surface area contributed by atoms with Gasteiger partial charge in [0.05, 0.1) is 24.6 Å². The topological polar surface area (TPSA) is 76.5 Å². The van der Waals surface area contributed by atoms with Crippen LogP contribution in [0.1, 0.15) is 30.3 Å². The monoisotopic (exact) mass is 390 g/mol. The lowest BCUT2D eigenvalue weighted by molar-refractivity contribution is 0.101. The molecule has 0 radical (unpaired) electrons. The second-order valence-corrected chi connectivity index (χ2v) is 6.78. The summed E-state index contributed by atoms with van der Waals surface area (Å²) in [5.41, 5.74) is 1.48. The lowest BCUT2D eigenvalue weighted by Gasteiger charge is -2.30. The number of halogens is 1. The van der Waals surface area contributed by atoms with Crippen LogP contribution in [0.4, 0.5) is 11.4 Å². The molecule has 2 aromatic rings. The Morgan fingerprint density at radius 2 is 2.04 bits per heavy atom. The zero-order valence-electron chi connectivity index (χ0n) is 15.3. The number of nitrogens with zero attached hydrogens (tertiary/aromatic N) is 3. The van der Waals surface area contributed by atoms with Crippen LogP contribution in [0.5, 0.6) is 0 Å². The van der Waals surface area contributed by atoms with Crippen LogP contribution in [0.15, 0.2) is 35.1 Å². The number of hydrogen-bond donors (Lipinski definition) is 1. The van der Waals surface area contributed by atoms with Gasteiger partial charge in [-0.25, -0.2) is 4.68 Å². The van der Waals surface area contributed by atoms with Crippen molar-refractivity contribution in [3.05, 3.63) is 51.4 Å². The zero-order chi connectivity index (χ0) is 19.2. The van der Waals surface area contributed by atoms with E-state index >= 15 is 0 Å². The van der Waals surface area contributed by atoms with E-state index in [1.807, 2.05) is 13.0 Å². The molecule has 1 aliphatic rings. The molecular formula is C19H23ClN4O3. The molecule has 0 spiro atoms. The maximum Gasteiger partial charge on any atom is 0.276 e. The Labute approximate surface area is 162 Å². The molecule has 1 amide bonds. The summed E-state index contributed by atoms with van der Waals surface area (Å²) >= 11 is 6.13. The fourth-order valence-corrected chi connectivity index (χ4v) is 3.08. The van der Waals surface area contributed by atoms with Crippen LogP contribution in [0.3, 0.4) is 0 Å². The second kappa shape index (κ2) is 9.01. The predicted octanol–water partition coefficient (Wildman–Crippen LogP) is 2.79. The molecule has 1 N–H and O–H groups in total. The summed E-state index contributed by atoms with van der Waals surface area (Å²) in [6.07, 6.45) is 1.77. The first-order valence-corrected chi connectivity index (χ1v) is 9.48. The number of hydrogen-bond acceptors (Lipinski definition) is 5.